The zero-order chi connectivity index (χ0) is 13.3. The van der Waals surface area contributed by atoms with Crippen LogP contribution in [0.15, 0.2) is 0 Å². The highest BCUT2D eigenvalue weighted by atomic mass is 35.5. The quantitative estimate of drug-likeness (QED) is 0.861. The maximum absolute atomic E-state index is 11.1. The third-order valence-electron chi connectivity index (χ3n) is 2.86. The number of nitrogens with zero attached hydrogens (tertiary/aromatic N) is 2. The summed E-state index contributed by atoms with van der Waals surface area (Å²) in [7, 11) is 0. The van der Waals surface area contributed by atoms with Gasteiger partial charge in [-0.15, -0.1) is 0 Å². The van der Waals surface area contributed by atoms with Gasteiger partial charge in [0, 0.05) is 6.42 Å². The van der Waals surface area contributed by atoms with Crippen LogP contribution in [0.2, 0.25) is 5.15 Å². The van der Waals surface area contributed by atoms with Crippen molar-refractivity contribution in [2.45, 2.75) is 39.5 Å². The van der Waals surface area contributed by atoms with E-state index in [0.29, 0.717) is 16.4 Å². The molecular formula is C13H16ClN3O. The molecule has 18 heavy (non-hydrogen) atoms. The van der Waals surface area contributed by atoms with Gasteiger partial charge in [0.05, 0.1) is 16.6 Å². The zero-order valence-electron chi connectivity index (χ0n) is 10.7. The van der Waals surface area contributed by atoms with Gasteiger partial charge in [-0.05, 0) is 12.3 Å². The second kappa shape index (κ2) is 5.06. The normalized spacial score (nSPS) is 11.4. The number of fused-ring (bicyclic) bond motifs is 1. The molecule has 2 heterocycles. The molecule has 0 amide bonds. The Kier molecular flexibility index (Phi) is 3.66. The van der Waals surface area contributed by atoms with Crippen molar-refractivity contribution in [1.82, 2.24) is 15.0 Å². The molecule has 2 aromatic rings. The van der Waals surface area contributed by atoms with Crippen LogP contribution in [0.4, 0.5) is 0 Å². The van der Waals surface area contributed by atoms with E-state index >= 15 is 0 Å². The number of halogens is 1. The number of aldehydes is 1. The zero-order valence-corrected chi connectivity index (χ0v) is 11.5. The smallest absolute Gasteiger partial charge is 0.153 e. The molecule has 96 valence electrons. The van der Waals surface area contributed by atoms with Crippen LogP contribution in [-0.2, 0) is 6.42 Å². The van der Waals surface area contributed by atoms with Crippen LogP contribution in [0.25, 0.3) is 11.0 Å². The van der Waals surface area contributed by atoms with Crippen molar-refractivity contribution in [2.24, 2.45) is 0 Å². The average Bonchev–Trinajstić information content (AvgIpc) is 2.63. The van der Waals surface area contributed by atoms with Gasteiger partial charge in [0.15, 0.2) is 6.29 Å². The molecule has 5 heteroatoms. The van der Waals surface area contributed by atoms with Crippen LogP contribution in [0.1, 0.15) is 55.0 Å². The van der Waals surface area contributed by atoms with Gasteiger partial charge in [0.2, 0.25) is 0 Å². The van der Waals surface area contributed by atoms with Crippen LogP contribution in [0.3, 0.4) is 0 Å². The molecule has 0 aromatic carbocycles. The van der Waals surface area contributed by atoms with Crippen molar-refractivity contribution >= 4 is 28.9 Å². The van der Waals surface area contributed by atoms with Gasteiger partial charge in [-0.1, -0.05) is 32.4 Å². The Labute approximate surface area is 111 Å². The third kappa shape index (κ3) is 2.12. The molecule has 0 saturated carbocycles. The predicted molar refractivity (Wildman–Crippen MR) is 72.4 cm³/mol. The number of carbonyl (C=O) groups is 1. The maximum atomic E-state index is 11.1. The Morgan fingerprint density at radius 1 is 1.39 bits per heavy atom. The summed E-state index contributed by atoms with van der Waals surface area (Å²) >= 11 is 6.02. The molecular weight excluding hydrogens is 250 g/mol. The molecule has 4 nitrogen and oxygen atoms in total. The molecule has 0 spiro atoms. The highest BCUT2D eigenvalue weighted by molar-refractivity contribution is 6.34. The van der Waals surface area contributed by atoms with E-state index in [1.165, 1.54) is 0 Å². The summed E-state index contributed by atoms with van der Waals surface area (Å²) in [4.78, 5) is 23.1. The summed E-state index contributed by atoms with van der Waals surface area (Å²) in [5, 5.41) is 1.09. The van der Waals surface area contributed by atoms with Gasteiger partial charge in [0.25, 0.3) is 0 Å². The summed E-state index contributed by atoms with van der Waals surface area (Å²) in [5.74, 6) is 1.01. The molecule has 2 rings (SSSR count). The molecule has 0 radical (unpaired) electrons. The number of H-pyrrole nitrogens is 1. The summed E-state index contributed by atoms with van der Waals surface area (Å²) in [6.07, 6.45) is 2.57. The van der Waals surface area contributed by atoms with Crippen molar-refractivity contribution in [2.75, 3.05) is 0 Å². The number of aromatic amines is 1. The highest BCUT2D eigenvalue weighted by Crippen LogP contribution is 2.29. The van der Waals surface area contributed by atoms with Crippen molar-refractivity contribution in [3.8, 4) is 0 Å². The fraction of sp³-hybridized carbons (Fsp3) is 0.462. The van der Waals surface area contributed by atoms with Gasteiger partial charge in [-0.25, -0.2) is 9.97 Å². The Bertz CT molecular complexity index is 589. The summed E-state index contributed by atoms with van der Waals surface area (Å²) in [6, 6.07) is 0. The van der Waals surface area contributed by atoms with E-state index in [1.807, 2.05) is 13.8 Å². The SMILES string of the molecule is CCCc1nc(C(C)C)c2c(C=O)c(Cl)[nH]c2n1. The number of carbonyl (C=O) groups excluding carboxylic acids is 1. The third-order valence-corrected chi connectivity index (χ3v) is 3.15. The minimum atomic E-state index is 0.219. The van der Waals surface area contributed by atoms with Crippen molar-refractivity contribution in [1.29, 1.82) is 0 Å². The first kappa shape index (κ1) is 13.0. The van der Waals surface area contributed by atoms with Crippen molar-refractivity contribution < 1.29 is 4.79 Å². The van der Waals surface area contributed by atoms with E-state index in [9.17, 15) is 4.79 Å². The Balaban J connectivity index is 2.77. The molecule has 0 atom stereocenters. The Hall–Kier alpha value is -1.42. The monoisotopic (exact) mass is 265 g/mol. The number of rotatable bonds is 4. The van der Waals surface area contributed by atoms with E-state index in [-0.39, 0.29) is 5.92 Å². The number of hydrogen-bond donors (Lipinski definition) is 1. The molecule has 0 unspecified atom stereocenters. The van der Waals surface area contributed by atoms with E-state index in [4.69, 9.17) is 11.6 Å². The predicted octanol–water partition coefficient (Wildman–Crippen LogP) is 3.50. The second-order valence-electron chi connectivity index (χ2n) is 4.62. The molecule has 0 aliphatic carbocycles. The van der Waals surface area contributed by atoms with Gasteiger partial charge < -0.3 is 4.98 Å². The van der Waals surface area contributed by atoms with Crippen molar-refractivity contribution in [3.05, 3.63) is 22.2 Å². The van der Waals surface area contributed by atoms with E-state index in [1.54, 1.807) is 0 Å². The topological polar surface area (TPSA) is 58.6 Å². The number of hydrogen-bond acceptors (Lipinski definition) is 3. The van der Waals surface area contributed by atoms with Crippen LogP contribution in [0.5, 0.6) is 0 Å². The Morgan fingerprint density at radius 3 is 2.67 bits per heavy atom. The van der Waals surface area contributed by atoms with Crippen LogP contribution < -0.4 is 0 Å². The average molecular weight is 266 g/mol. The minimum absolute atomic E-state index is 0.219. The molecule has 0 aliphatic heterocycles. The maximum Gasteiger partial charge on any atom is 0.153 e. The first-order valence-electron chi connectivity index (χ1n) is 6.11. The molecule has 0 fully saturated rings. The number of aryl methyl sites for hydroxylation is 1. The minimum Gasteiger partial charge on any atom is -0.330 e. The molecule has 2 aromatic heterocycles. The van der Waals surface area contributed by atoms with Gasteiger partial charge in [-0.2, -0.15) is 0 Å². The van der Waals surface area contributed by atoms with E-state index < -0.39 is 0 Å². The highest BCUT2D eigenvalue weighted by Gasteiger charge is 2.18. The van der Waals surface area contributed by atoms with Crippen LogP contribution >= 0.6 is 11.6 Å². The molecule has 0 bridgehead atoms. The summed E-state index contributed by atoms with van der Waals surface area (Å²) in [6.45, 7) is 6.18. The lowest BCUT2D eigenvalue weighted by Gasteiger charge is -2.08. The largest absolute Gasteiger partial charge is 0.330 e. The fourth-order valence-corrected chi connectivity index (χ4v) is 2.26. The standard InChI is InChI=1S/C13H16ClN3O/c1-4-5-9-15-11(7(2)3)10-8(6-18)12(14)17-13(10)16-9/h6-7H,4-5H2,1-3H3,(H,15,16,17). The molecule has 0 saturated heterocycles. The van der Waals surface area contributed by atoms with Crippen LogP contribution in [-0.4, -0.2) is 21.2 Å². The second-order valence-corrected chi connectivity index (χ2v) is 5.00. The lowest BCUT2D eigenvalue weighted by atomic mass is 10.0. The molecule has 0 aliphatic rings. The van der Waals surface area contributed by atoms with Crippen molar-refractivity contribution in [3.63, 3.8) is 0 Å². The number of nitrogens with one attached hydrogen (secondary N) is 1. The Morgan fingerprint density at radius 2 is 2.11 bits per heavy atom. The van der Waals surface area contributed by atoms with E-state index in [0.717, 1.165) is 36.0 Å². The fourth-order valence-electron chi connectivity index (χ4n) is 2.03. The number of aromatic nitrogens is 3. The lowest BCUT2D eigenvalue weighted by Crippen LogP contribution is -2.03. The first-order valence-corrected chi connectivity index (χ1v) is 6.49. The van der Waals surface area contributed by atoms with Gasteiger partial charge in [-0.3, -0.25) is 4.79 Å². The molecule has 1 N–H and O–H groups in total. The van der Waals surface area contributed by atoms with Crippen LogP contribution in [0, 0.1) is 0 Å². The summed E-state index contributed by atoms with van der Waals surface area (Å²) in [5.41, 5.74) is 2.00. The lowest BCUT2D eigenvalue weighted by molar-refractivity contribution is 0.112. The first-order chi connectivity index (χ1) is 8.58. The van der Waals surface area contributed by atoms with Gasteiger partial charge >= 0.3 is 0 Å². The summed E-state index contributed by atoms with van der Waals surface area (Å²) < 4.78 is 0. The van der Waals surface area contributed by atoms with Gasteiger partial charge in [0.1, 0.15) is 16.6 Å². The van der Waals surface area contributed by atoms with E-state index in [2.05, 4.69) is 21.9 Å².